The first-order valence-electron chi connectivity index (χ1n) is 19.7. The van der Waals surface area contributed by atoms with E-state index in [-0.39, 0.29) is 31.9 Å². The molecule has 1 saturated heterocycles. The van der Waals surface area contributed by atoms with E-state index >= 15 is 0 Å². The van der Waals surface area contributed by atoms with E-state index in [9.17, 15) is 14.4 Å². The Bertz CT molecular complexity index is 2130. The summed E-state index contributed by atoms with van der Waals surface area (Å²) < 4.78 is 18.8. The predicted octanol–water partition coefficient (Wildman–Crippen LogP) is 7.10. The number of carbonyl (C=O) groups excluding carboxylic acids is 3. The zero-order valence-electron chi connectivity index (χ0n) is 32.6. The number of likely N-dealkylation sites (tertiary alicyclic amines) is 1. The summed E-state index contributed by atoms with van der Waals surface area (Å²) in [5.74, 6) is -0.419. The smallest absolute Gasteiger partial charge is 0.329 e. The summed E-state index contributed by atoms with van der Waals surface area (Å²) in [6, 6.07) is 45.8. The van der Waals surface area contributed by atoms with Gasteiger partial charge >= 0.3 is 5.97 Å². The third-order valence-electron chi connectivity index (χ3n) is 10.5. The molecule has 6 aromatic rings. The number of aromatic nitrogens is 2. The number of hydrogen-bond acceptors (Lipinski definition) is 7. The predicted molar refractivity (Wildman–Crippen MR) is 221 cm³/mol. The quantitative estimate of drug-likeness (QED) is 0.0564. The fourth-order valence-electron chi connectivity index (χ4n) is 7.62. The number of imidazole rings is 1. The molecule has 1 aromatic heterocycles. The van der Waals surface area contributed by atoms with E-state index in [1.165, 1.54) is 0 Å². The molecule has 2 amide bonds. The third kappa shape index (κ3) is 9.19. The largest absolute Gasteiger partial charge is 0.494 e. The van der Waals surface area contributed by atoms with Crippen LogP contribution in [0.4, 0.5) is 0 Å². The van der Waals surface area contributed by atoms with Crippen LogP contribution in [0.25, 0.3) is 0 Å². The molecule has 2 atom stereocenters. The molecule has 2 heterocycles. The fraction of sp³-hybridized carbons (Fsp3) is 0.250. The minimum absolute atomic E-state index is 0.0414. The molecule has 0 radical (unpaired) electrons. The summed E-state index contributed by atoms with van der Waals surface area (Å²) in [6.07, 6.45) is 5.12. The van der Waals surface area contributed by atoms with Gasteiger partial charge in [0, 0.05) is 45.7 Å². The maximum Gasteiger partial charge on any atom is 0.329 e. The molecule has 0 unspecified atom stereocenters. The van der Waals surface area contributed by atoms with Crippen LogP contribution in [-0.2, 0) is 49.0 Å². The first-order chi connectivity index (χ1) is 28.4. The van der Waals surface area contributed by atoms with Gasteiger partial charge in [-0.3, -0.25) is 9.59 Å². The molecule has 5 aromatic carbocycles. The van der Waals surface area contributed by atoms with Gasteiger partial charge in [0.2, 0.25) is 11.8 Å². The second-order valence-corrected chi connectivity index (χ2v) is 14.4. The highest BCUT2D eigenvalue weighted by atomic mass is 16.5. The van der Waals surface area contributed by atoms with Crippen molar-refractivity contribution in [2.45, 2.75) is 56.5 Å². The number of nitrogens with one attached hydrogen (secondary N) is 1. The topological polar surface area (TPSA) is 112 Å². The van der Waals surface area contributed by atoms with E-state index in [0.717, 1.165) is 40.0 Å². The number of amides is 2. The van der Waals surface area contributed by atoms with Crippen molar-refractivity contribution in [1.29, 1.82) is 0 Å². The number of carbonyl (C=O) groups is 3. The molecule has 0 spiro atoms. The van der Waals surface area contributed by atoms with Gasteiger partial charge in [0.1, 0.15) is 30.0 Å². The standard InChI is InChI=1S/C48H48N4O6/c1-56-29-14-30-57-42-25-23-36(24-26-42)32-52-44(27-28-45(52)53)46(54)50-43(47(55)58-34-37-15-6-2-7-16-37)31-41-33-51(35-49-41)48(38-17-8-3-9-18-38,39-19-10-4-11-20-39)40-21-12-5-13-22-40/h2-13,15-26,33,35,43-44H,14,27-32,34H2,1H3,(H,50,54)/t43-,44-/m0/s1. The Balaban J connectivity index is 1.15. The van der Waals surface area contributed by atoms with Gasteiger partial charge in [0.25, 0.3) is 0 Å². The van der Waals surface area contributed by atoms with Crippen molar-refractivity contribution < 1.29 is 28.6 Å². The highest BCUT2D eigenvalue weighted by Gasteiger charge is 2.40. The van der Waals surface area contributed by atoms with Crippen molar-refractivity contribution in [3.8, 4) is 5.75 Å². The maximum absolute atomic E-state index is 14.1. The average molecular weight is 777 g/mol. The summed E-state index contributed by atoms with van der Waals surface area (Å²) >= 11 is 0. The van der Waals surface area contributed by atoms with Crippen molar-refractivity contribution in [3.63, 3.8) is 0 Å². The summed E-state index contributed by atoms with van der Waals surface area (Å²) in [7, 11) is 1.66. The van der Waals surface area contributed by atoms with Crippen molar-refractivity contribution in [1.82, 2.24) is 19.8 Å². The molecule has 0 bridgehead atoms. The van der Waals surface area contributed by atoms with Gasteiger partial charge in [-0.2, -0.15) is 0 Å². The highest BCUT2D eigenvalue weighted by Crippen LogP contribution is 2.41. The number of hydrogen-bond donors (Lipinski definition) is 1. The molecule has 7 rings (SSSR count). The lowest BCUT2D eigenvalue weighted by Gasteiger charge is -2.37. The summed E-state index contributed by atoms with van der Waals surface area (Å²) in [5.41, 5.74) is 4.54. The van der Waals surface area contributed by atoms with E-state index in [1.54, 1.807) is 18.3 Å². The van der Waals surface area contributed by atoms with Crippen molar-refractivity contribution >= 4 is 17.8 Å². The van der Waals surface area contributed by atoms with Crippen LogP contribution in [0, 0.1) is 0 Å². The van der Waals surface area contributed by atoms with Crippen molar-refractivity contribution in [2.24, 2.45) is 0 Å². The Morgan fingerprint density at radius 1 is 0.776 bits per heavy atom. The zero-order chi connectivity index (χ0) is 40.2. The minimum Gasteiger partial charge on any atom is -0.494 e. The molecule has 1 fully saturated rings. The summed E-state index contributed by atoms with van der Waals surface area (Å²) in [5, 5.41) is 2.98. The summed E-state index contributed by atoms with van der Waals surface area (Å²) in [6.45, 7) is 1.43. The Hall–Kier alpha value is -6.52. The first-order valence-corrected chi connectivity index (χ1v) is 19.7. The molecule has 10 heteroatoms. The monoisotopic (exact) mass is 776 g/mol. The van der Waals surface area contributed by atoms with Crippen LogP contribution in [0.3, 0.4) is 0 Å². The lowest BCUT2D eigenvalue weighted by atomic mass is 9.77. The van der Waals surface area contributed by atoms with E-state index in [0.29, 0.717) is 25.3 Å². The molecule has 1 N–H and O–H groups in total. The normalized spacial score (nSPS) is 14.5. The summed E-state index contributed by atoms with van der Waals surface area (Å²) in [4.78, 5) is 47.7. The van der Waals surface area contributed by atoms with E-state index in [2.05, 4.69) is 46.3 Å². The van der Waals surface area contributed by atoms with Crippen LogP contribution in [-0.4, -0.2) is 64.6 Å². The van der Waals surface area contributed by atoms with E-state index < -0.39 is 29.5 Å². The number of rotatable bonds is 18. The van der Waals surface area contributed by atoms with Crippen LogP contribution in [0.15, 0.2) is 158 Å². The van der Waals surface area contributed by atoms with Crippen LogP contribution in [0.2, 0.25) is 0 Å². The van der Waals surface area contributed by atoms with Gasteiger partial charge in [-0.05, 0) is 46.4 Å². The molecule has 10 nitrogen and oxygen atoms in total. The molecule has 0 aliphatic carbocycles. The number of esters is 1. The molecular weight excluding hydrogens is 729 g/mol. The Kier molecular flexibility index (Phi) is 13.1. The van der Waals surface area contributed by atoms with Crippen LogP contribution < -0.4 is 10.1 Å². The lowest BCUT2D eigenvalue weighted by molar-refractivity contribution is -0.149. The Morgan fingerprint density at radius 3 is 1.95 bits per heavy atom. The number of ether oxygens (including phenoxy) is 3. The van der Waals surface area contributed by atoms with Crippen LogP contribution in [0.1, 0.15) is 52.8 Å². The van der Waals surface area contributed by atoms with Gasteiger partial charge in [-0.15, -0.1) is 0 Å². The second kappa shape index (κ2) is 19.1. The number of methoxy groups -OCH3 is 1. The van der Waals surface area contributed by atoms with E-state index in [1.807, 2.05) is 115 Å². The molecule has 58 heavy (non-hydrogen) atoms. The average Bonchev–Trinajstić information content (AvgIpc) is 3.89. The third-order valence-corrected chi connectivity index (χ3v) is 10.5. The highest BCUT2D eigenvalue weighted by molar-refractivity contribution is 5.93. The molecule has 296 valence electrons. The van der Waals surface area contributed by atoms with Crippen molar-refractivity contribution in [2.75, 3.05) is 20.3 Å². The van der Waals surface area contributed by atoms with Gasteiger partial charge in [-0.1, -0.05) is 133 Å². The second-order valence-electron chi connectivity index (χ2n) is 14.4. The van der Waals surface area contributed by atoms with E-state index in [4.69, 9.17) is 19.2 Å². The molecule has 0 saturated carbocycles. The molecule has 1 aliphatic rings. The maximum atomic E-state index is 14.1. The van der Waals surface area contributed by atoms with Gasteiger partial charge in [0.05, 0.1) is 18.6 Å². The van der Waals surface area contributed by atoms with Crippen LogP contribution in [0.5, 0.6) is 5.75 Å². The first kappa shape index (κ1) is 39.7. The Morgan fingerprint density at radius 2 is 1.36 bits per heavy atom. The number of benzene rings is 5. The van der Waals surface area contributed by atoms with Gasteiger partial charge in [0.15, 0.2) is 0 Å². The molecular formula is C48H48N4O6. The Labute approximate surface area is 339 Å². The number of nitrogens with zero attached hydrogens (tertiary/aromatic N) is 3. The van der Waals surface area contributed by atoms with Gasteiger partial charge < -0.3 is 29.0 Å². The van der Waals surface area contributed by atoms with Crippen molar-refractivity contribution in [3.05, 3.63) is 192 Å². The molecule has 1 aliphatic heterocycles. The minimum atomic E-state index is -1.08. The van der Waals surface area contributed by atoms with Gasteiger partial charge in [-0.25, -0.2) is 9.78 Å². The zero-order valence-corrected chi connectivity index (χ0v) is 32.6. The fourth-order valence-corrected chi connectivity index (χ4v) is 7.62. The SMILES string of the molecule is COCCCOc1ccc(CN2C(=O)CC[C@H]2C(=O)N[C@@H](Cc2cn(C(c3ccccc3)(c3ccccc3)c3ccccc3)cn2)C(=O)OCc2ccccc2)cc1. The van der Waals surface area contributed by atoms with Crippen LogP contribution >= 0.6 is 0 Å². The lowest BCUT2D eigenvalue weighted by Crippen LogP contribution is -2.51.